The molecule has 0 aliphatic rings. The van der Waals surface area contributed by atoms with Crippen molar-refractivity contribution in [2.24, 2.45) is 11.8 Å². The van der Waals surface area contributed by atoms with Gasteiger partial charge in [-0.3, -0.25) is 37.3 Å². The Morgan fingerprint density at radius 2 is 0.543 bits per heavy atom. The molecule has 0 aliphatic carbocycles. The summed E-state index contributed by atoms with van der Waals surface area (Å²) in [5.74, 6) is -0.604. The predicted octanol–water partition coefficient (Wildman–Crippen LogP) is 21.9. The fraction of sp³-hybridized carbons (Fsp3) is 0.947. The highest BCUT2D eigenvalue weighted by Crippen LogP contribution is 2.45. The van der Waals surface area contributed by atoms with Gasteiger partial charge in [0.1, 0.15) is 19.3 Å². The predicted molar refractivity (Wildman–Crippen MR) is 381 cm³/mol. The first-order valence-electron chi connectivity index (χ1n) is 39.0. The van der Waals surface area contributed by atoms with Gasteiger partial charge in [0.05, 0.1) is 26.4 Å². The molecule has 0 aromatic heterocycles. The topological polar surface area (TPSA) is 237 Å². The van der Waals surface area contributed by atoms with Crippen molar-refractivity contribution in [2.45, 2.75) is 407 Å². The van der Waals surface area contributed by atoms with Crippen LogP contribution in [0.2, 0.25) is 0 Å². The van der Waals surface area contributed by atoms with Gasteiger partial charge in [0, 0.05) is 25.7 Å². The summed E-state index contributed by atoms with van der Waals surface area (Å²) in [5, 5.41) is 10.6. The van der Waals surface area contributed by atoms with Crippen LogP contribution < -0.4 is 0 Å². The van der Waals surface area contributed by atoms with Crippen LogP contribution in [0.5, 0.6) is 0 Å². The Morgan fingerprint density at radius 3 is 0.809 bits per heavy atom. The van der Waals surface area contributed by atoms with Crippen LogP contribution in [0, 0.1) is 11.8 Å². The molecule has 0 fully saturated rings. The molecule has 3 unspecified atom stereocenters. The number of carbonyl (C=O) groups excluding carboxylic acids is 4. The molecular weight excluding hydrogens is 1230 g/mol. The molecule has 0 rings (SSSR count). The SMILES string of the molecule is CCCCCCCCCCCCCCCCCCCC(=O)OC[C@H](COP(=O)(O)OC[C@@H](O)COP(=O)(O)OC[C@@H](COC(=O)CCCCCCCCCCCC)OC(=O)CCCCCCCCC(C)CC)OC(=O)CCCCCCCCCCCCCCCCC(C)C. The number of aliphatic hydroxyl groups excluding tert-OH is 1. The molecule has 0 aromatic carbocycles. The van der Waals surface area contributed by atoms with E-state index in [1.54, 1.807) is 0 Å². The maximum absolute atomic E-state index is 13.1. The average molecular weight is 1380 g/mol. The summed E-state index contributed by atoms with van der Waals surface area (Å²) < 4.78 is 68.4. The second-order valence-electron chi connectivity index (χ2n) is 27.8. The Balaban J connectivity index is 5.22. The summed E-state index contributed by atoms with van der Waals surface area (Å²) in [6, 6.07) is 0. The van der Waals surface area contributed by atoms with Crippen molar-refractivity contribution >= 4 is 39.5 Å². The zero-order valence-electron chi connectivity index (χ0n) is 61.3. The smallest absolute Gasteiger partial charge is 0.462 e. The molecule has 0 radical (unpaired) electrons. The minimum Gasteiger partial charge on any atom is -0.462 e. The van der Waals surface area contributed by atoms with Crippen molar-refractivity contribution in [2.75, 3.05) is 39.6 Å². The number of phosphoric acid groups is 2. The maximum atomic E-state index is 13.1. The summed E-state index contributed by atoms with van der Waals surface area (Å²) in [4.78, 5) is 72.7. The third-order valence-corrected chi connectivity index (χ3v) is 19.7. The van der Waals surface area contributed by atoms with Gasteiger partial charge in [-0.15, -0.1) is 0 Å². The monoisotopic (exact) mass is 1380 g/mol. The Kier molecular flexibility index (Phi) is 65.5. The second kappa shape index (κ2) is 66.9. The first-order chi connectivity index (χ1) is 45.4. The number of rotatable bonds is 74. The Morgan fingerprint density at radius 1 is 0.309 bits per heavy atom. The Hall–Kier alpha value is -1.94. The summed E-state index contributed by atoms with van der Waals surface area (Å²) in [6.07, 6.45) is 54.1. The second-order valence-corrected chi connectivity index (χ2v) is 30.7. The molecular formula is C75H146O17P2. The highest BCUT2D eigenvalue weighted by molar-refractivity contribution is 7.47. The van der Waals surface area contributed by atoms with Gasteiger partial charge in [-0.25, -0.2) is 9.13 Å². The molecule has 0 saturated carbocycles. The molecule has 0 bridgehead atoms. The van der Waals surface area contributed by atoms with Crippen LogP contribution in [0.25, 0.3) is 0 Å². The average Bonchev–Trinajstić information content (AvgIpc) is 1.81. The van der Waals surface area contributed by atoms with E-state index in [1.807, 2.05) is 0 Å². The van der Waals surface area contributed by atoms with Crippen molar-refractivity contribution in [1.29, 1.82) is 0 Å². The lowest BCUT2D eigenvalue weighted by Crippen LogP contribution is -2.30. The zero-order chi connectivity index (χ0) is 69.3. The van der Waals surface area contributed by atoms with Crippen molar-refractivity contribution in [1.82, 2.24) is 0 Å². The van der Waals surface area contributed by atoms with Crippen LogP contribution in [-0.4, -0.2) is 96.7 Å². The van der Waals surface area contributed by atoms with Gasteiger partial charge in [-0.1, -0.05) is 337 Å². The fourth-order valence-corrected chi connectivity index (χ4v) is 13.0. The zero-order valence-corrected chi connectivity index (χ0v) is 63.1. The number of unbranched alkanes of at least 4 members (excludes halogenated alkanes) is 43. The minimum atomic E-state index is -4.96. The molecule has 19 heteroatoms. The van der Waals surface area contributed by atoms with Crippen molar-refractivity contribution in [3.05, 3.63) is 0 Å². The van der Waals surface area contributed by atoms with Crippen molar-refractivity contribution in [3.63, 3.8) is 0 Å². The van der Waals surface area contributed by atoms with Crippen molar-refractivity contribution < 1.29 is 80.2 Å². The molecule has 0 aromatic rings. The molecule has 17 nitrogen and oxygen atoms in total. The lowest BCUT2D eigenvalue weighted by Gasteiger charge is -2.21. The summed E-state index contributed by atoms with van der Waals surface area (Å²) in [5.41, 5.74) is 0. The largest absolute Gasteiger partial charge is 0.472 e. The molecule has 0 amide bonds. The van der Waals surface area contributed by atoms with E-state index in [0.29, 0.717) is 25.7 Å². The van der Waals surface area contributed by atoms with Gasteiger partial charge in [0.15, 0.2) is 12.2 Å². The number of hydrogen-bond acceptors (Lipinski definition) is 15. The van der Waals surface area contributed by atoms with Gasteiger partial charge in [0.25, 0.3) is 0 Å². The van der Waals surface area contributed by atoms with Gasteiger partial charge in [-0.05, 0) is 37.5 Å². The molecule has 0 aliphatic heterocycles. The van der Waals surface area contributed by atoms with Gasteiger partial charge in [0.2, 0.25) is 0 Å². The number of aliphatic hydroxyl groups is 1. The van der Waals surface area contributed by atoms with E-state index in [-0.39, 0.29) is 25.7 Å². The van der Waals surface area contributed by atoms with Crippen LogP contribution in [0.4, 0.5) is 0 Å². The molecule has 3 N–H and O–H groups in total. The third-order valence-electron chi connectivity index (χ3n) is 17.8. The normalized spacial score (nSPS) is 14.3. The van der Waals surface area contributed by atoms with E-state index in [9.17, 15) is 43.2 Å². The van der Waals surface area contributed by atoms with Gasteiger partial charge in [-0.2, -0.15) is 0 Å². The number of hydrogen-bond donors (Lipinski definition) is 3. The first-order valence-corrected chi connectivity index (χ1v) is 42.0. The van der Waals surface area contributed by atoms with E-state index >= 15 is 0 Å². The molecule has 94 heavy (non-hydrogen) atoms. The highest BCUT2D eigenvalue weighted by Gasteiger charge is 2.30. The van der Waals surface area contributed by atoms with Crippen molar-refractivity contribution in [3.8, 4) is 0 Å². The minimum absolute atomic E-state index is 0.103. The van der Waals surface area contributed by atoms with Crippen LogP contribution in [0.15, 0.2) is 0 Å². The van der Waals surface area contributed by atoms with E-state index in [4.69, 9.17) is 37.0 Å². The van der Waals surface area contributed by atoms with Crippen LogP contribution in [0.1, 0.15) is 388 Å². The van der Waals surface area contributed by atoms with Crippen LogP contribution in [0.3, 0.4) is 0 Å². The van der Waals surface area contributed by atoms with Crippen LogP contribution in [-0.2, 0) is 65.4 Å². The first kappa shape index (κ1) is 92.1. The number of phosphoric ester groups is 2. The third kappa shape index (κ3) is 67.3. The van der Waals surface area contributed by atoms with Gasteiger partial charge >= 0.3 is 39.5 Å². The summed E-state index contributed by atoms with van der Waals surface area (Å²) in [6.45, 7) is 9.55. The lowest BCUT2D eigenvalue weighted by molar-refractivity contribution is -0.161. The lowest BCUT2D eigenvalue weighted by atomic mass is 10.00. The Labute approximate surface area is 575 Å². The molecule has 6 atom stereocenters. The highest BCUT2D eigenvalue weighted by atomic mass is 31.2. The molecule has 0 heterocycles. The fourth-order valence-electron chi connectivity index (χ4n) is 11.4. The summed E-state index contributed by atoms with van der Waals surface area (Å²) >= 11 is 0. The van der Waals surface area contributed by atoms with Gasteiger partial charge < -0.3 is 33.8 Å². The van der Waals surface area contributed by atoms with E-state index in [0.717, 1.165) is 102 Å². The van der Waals surface area contributed by atoms with Crippen LogP contribution >= 0.6 is 15.6 Å². The number of esters is 4. The standard InChI is InChI=1S/C75H146O17P2/c1-7-10-12-14-16-18-20-21-22-23-24-28-31-35-39-46-52-58-73(78)85-63-70(91-74(79)59-53-47-40-36-32-29-26-25-27-30-33-37-43-49-55-67(4)5)65-89-93(81,82)87-61-69(76)62-88-94(83,84)90-66-71(92-75(80)60-54-48-42-41-44-50-56-68(6)9-3)64-86-72(77)57-51-45-38-34-19-17-15-13-11-8-2/h67-71,76H,7-66H2,1-6H3,(H,81,82)(H,83,84)/t68?,69-,70-,71-/m1/s1. The summed E-state index contributed by atoms with van der Waals surface area (Å²) in [7, 11) is -9.91. The molecule has 0 saturated heterocycles. The molecule has 558 valence electrons. The number of ether oxygens (including phenoxy) is 4. The van der Waals surface area contributed by atoms with E-state index < -0.39 is 97.5 Å². The maximum Gasteiger partial charge on any atom is 0.472 e. The van der Waals surface area contributed by atoms with E-state index in [1.165, 1.54) is 205 Å². The Bertz CT molecular complexity index is 1820. The molecule has 0 spiro atoms. The quantitative estimate of drug-likeness (QED) is 0.0222. The number of carbonyl (C=O) groups is 4. The van der Waals surface area contributed by atoms with E-state index in [2.05, 4.69) is 41.5 Å².